The molecule has 5 heteroatoms. The van der Waals surface area contributed by atoms with E-state index in [0.717, 1.165) is 30.7 Å². The van der Waals surface area contributed by atoms with E-state index in [2.05, 4.69) is 9.88 Å². The summed E-state index contributed by atoms with van der Waals surface area (Å²) in [5, 5.41) is 9.13. The number of nitrogen functional groups attached to an aromatic ring is 1. The normalized spacial score (nSPS) is 18.3. The van der Waals surface area contributed by atoms with E-state index < -0.39 is 5.97 Å². The van der Waals surface area contributed by atoms with Crippen LogP contribution in [0.15, 0.2) is 12.3 Å². The van der Waals surface area contributed by atoms with Gasteiger partial charge in [0.2, 0.25) is 0 Å². The number of nitrogens with two attached hydrogens (primary N) is 1. The van der Waals surface area contributed by atoms with E-state index in [1.165, 1.54) is 31.9 Å². The van der Waals surface area contributed by atoms with Crippen molar-refractivity contribution in [1.29, 1.82) is 0 Å². The molecule has 19 heavy (non-hydrogen) atoms. The molecule has 0 unspecified atom stereocenters. The van der Waals surface area contributed by atoms with Crippen molar-refractivity contribution < 1.29 is 9.90 Å². The highest BCUT2D eigenvalue weighted by atomic mass is 16.4. The van der Waals surface area contributed by atoms with Gasteiger partial charge in [0.25, 0.3) is 0 Å². The second-order valence-corrected chi connectivity index (χ2v) is 5.73. The molecule has 102 valence electrons. The molecule has 0 saturated heterocycles. The molecule has 0 spiro atoms. The first-order chi connectivity index (χ1) is 9.13. The summed E-state index contributed by atoms with van der Waals surface area (Å²) in [5.74, 6) is 1.28. The molecule has 3 N–H and O–H groups in total. The van der Waals surface area contributed by atoms with Crippen molar-refractivity contribution >= 4 is 17.5 Å². The quantitative estimate of drug-likeness (QED) is 0.818. The minimum atomic E-state index is -0.987. The number of rotatable bonds is 6. The Balaban J connectivity index is 1.82. The van der Waals surface area contributed by atoms with E-state index in [4.69, 9.17) is 10.8 Å². The number of anilines is 2. The number of hydrogen-bond donors (Lipinski definition) is 2. The Morgan fingerprint density at radius 3 is 2.37 bits per heavy atom. The summed E-state index contributed by atoms with van der Waals surface area (Å²) < 4.78 is 0. The molecule has 2 saturated carbocycles. The van der Waals surface area contributed by atoms with Crippen molar-refractivity contribution in [2.24, 2.45) is 11.8 Å². The highest BCUT2D eigenvalue weighted by molar-refractivity contribution is 5.94. The van der Waals surface area contributed by atoms with Gasteiger partial charge < -0.3 is 15.7 Å². The standard InChI is InChI=1S/C14H19N3O2/c15-12-6-16-13(5-11(12)14(18)19)17(7-9-1-2-9)8-10-3-4-10/h5-6,9-10H,1-4,7-8,15H2,(H,18,19). The Hall–Kier alpha value is -1.78. The lowest BCUT2D eigenvalue weighted by Crippen LogP contribution is -2.29. The molecular formula is C14H19N3O2. The molecule has 0 radical (unpaired) electrons. The van der Waals surface area contributed by atoms with Crippen LogP contribution in [0, 0.1) is 11.8 Å². The van der Waals surface area contributed by atoms with Gasteiger partial charge >= 0.3 is 5.97 Å². The van der Waals surface area contributed by atoms with Crippen molar-refractivity contribution in [1.82, 2.24) is 4.98 Å². The minimum Gasteiger partial charge on any atom is -0.478 e. The molecule has 0 atom stereocenters. The predicted molar refractivity (Wildman–Crippen MR) is 73.3 cm³/mol. The van der Waals surface area contributed by atoms with Gasteiger partial charge in [0.15, 0.2) is 0 Å². The lowest BCUT2D eigenvalue weighted by atomic mass is 10.2. The molecule has 3 rings (SSSR count). The lowest BCUT2D eigenvalue weighted by molar-refractivity contribution is 0.0698. The number of pyridine rings is 1. The molecular weight excluding hydrogens is 242 g/mol. The average molecular weight is 261 g/mol. The van der Waals surface area contributed by atoms with Crippen molar-refractivity contribution in [2.75, 3.05) is 23.7 Å². The Kier molecular flexibility index (Phi) is 3.05. The number of aromatic nitrogens is 1. The fourth-order valence-corrected chi connectivity index (χ4v) is 2.30. The zero-order valence-electron chi connectivity index (χ0n) is 10.9. The number of carbonyl (C=O) groups is 1. The van der Waals surface area contributed by atoms with Crippen LogP contribution in [0.25, 0.3) is 0 Å². The topological polar surface area (TPSA) is 79.5 Å². The molecule has 0 bridgehead atoms. The van der Waals surface area contributed by atoms with Crippen molar-refractivity contribution in [2.45, 2.75) is 25.7 Å². The average Bonchev–Trinajstić information content (AvgIpc) is 3.23. The van der Waals surface area contributed by atoms with Crippen LogP contribution in [0.1, 0.15) is 36.0 Å². The van der Waals surface area contributed by atoms with E-state index in [1.807, 2.05) is 0 Å². The molecule has 0 amide bonds. The Morgan fingerprint density at radius 2 is 1.89 bits per heavy atom. The monoisotopic (exact) mass is 261 g/mol. The van der Waals surface area contributed by atoms with Crippen molar-refractivity contribution in [3.8, 4) is 0 Å². The van der Waals surface area contributed by atoms with Gasteiger partial charge in [0, 0.05) is 13.1 Å². The third kappa shape index (κ3) is 2.97. The van der Waals surface area contributed by atoms with Gasteiger partial charge in [-0.15, -0.1) is 0 Å². The largest absolute Gasteiger partial charge is 0.478 e. The molecule has 2 aliphatic carbocycles. The second-order valence-electron chi connectivity index (χ2n) is 5.73. The van der Waals surface area contributed by atoms with Crippen LogP contribution in [-0.2, 0) is 0 Å². The molecule has 1 heterocycles. The van der Waals surface area contributed by atoms with E-state index in [9.17, 15) is 4.79 Å². The summed E-state index contributed by atoms with van der Waals surface area (Å²) in [5.41, 5.74) is 6.04. The third-order valence-corrected chi connectivity index (χ3v) is 3.83. The molecule has 2 aliphatic rings. The highest BCUT2D eigenvalue weighted by Gasteiger charge is 2.30. The van der Waals surface area contributed by atoms with Crippen LogP contribution in [-0.4, -0.2) is 29.1 Å². The van der Waals surface area contributed by atoms with Gasteiger partial charge in [-0.3, -0.25) is 0 Å². The van der Waals surface area contributed by atoms with Gasteiger partial charge in [-0.05, 0) is 43.6 Å². The summed E-state index contributed by atoms with van der Waals surface area (Å²) in [6.07, 6.45) is 6.58. The summed E-state index contributed by atoms with van der Waals surface area (Å²) in [4.78, 5) is 17.7. The number of carboxylic acid groups (broad SMARTS) is 1. The smallest absolute Gasteiger partial charge is 0.337 e. The van der Waals surface area contributed by atoms with Crippen LogP contribution in [0.5, 0.6) is 0 Å². The van der Waals surface area contributed by atoms with Gasteiger partial charge in [-0.2, -0.15) is 0 Å². The molecule has 1 aromatic rings. The maximum absolute atomic E-state index is 11.1. The van der Waals surface area contributed by atoms with Gasteiger partial charge in [0.05, 0.1) is 17.4 Å². The first-order valence-electron chi connectivity index (χ1n) is 6.87. The molecule has 0 aliphatic heterocycles. The first kappa shape index (κ1) is 12.3. The number of carboxylic acids is 1. The van der Waals surface area contributed by atoms with E-state index >= 15 is 0 Å². The molecule has 2 fully saturated rings. The first-order valence-corrected chi connectivity index (χ1v) is 6.87. The fraction of sp³-hybridized carbons (Fsp3) is 0.571. The minimum absolute atomic E-state index is 0.154. The van der Waals surface area contributed by atoms with Gasteiger partial charge in [-0.1, -0.05) is 0 Å². The van der Waals surface area contributed by atoms with Crippen LogP contribution in [0.2, 0.25) is 0 Å². The van der Waals surface area contributed by atoms with Gasteiger partial charge in [-0.25, -0.2) is 9.78 Å². The highest BCUT2D eigenvalue weighted by Crippen LogP contribution is 2.35. The number of aromatic carboxylic acids is 1. The lowest BCUT2D eigenvalue weighted by Gasteiger charge is -2.24. The van der Waals surface area contributed by atoms with Gasteiger partial charge in [0.1, 0.15) is 5.82 Å². The zero-order valence-corrected chi connectivity index (χ0v) is 10.9. The maximum atomic E-state index is 11.1. The fourth-order valence-electron chi connectivity index (χ4n) is 2.30. The maximum Gasteiger partial charge on any atom is 0.337 e. The van der Waals surface area contributed by atoms with Crippen molar-refractivity contribution in [3.63, 3.8) is 0 Å². The van der Waals surface area contributed by atoms with E-state index in [0.29, 0.717) is 0 Å². The molecule has 0 aromatic carbocycles. The summed E-state index contributed by atoms with van der Waals surface area (Å²) >= 11 is 0. The molecule has 5 nitrogen and oxygen atoms in total. The summed E-state index contributed by atoms with van der Waals surface area (Å²) in [6, 6.07) is 1.61. The Morgan fingerprint density at radius 1 is 1.32 bits per heavy atom. The Bertz CT molecular complexity index is 481. The van der Waals surface area contributed by atoms with Crippen LogP contribution in [0.4, 0.5) is 11.5 Å². The van der Waals surface area contributed by atoms with E-state index in [-0.39, 0.29) is 11.3 Å². The van der Waals surface area contributed by atoms with E-state index in [1.54, 1.807) is 6.07 Å². The second kappa shape index (κ2) is 4.72. The zero-order chi connectivity index (χ0) is 13.4. The van der Waals surface area contributed by atoms with Crippen LogP contribution < -0.4 is 10.6 Å². The summed E-state index contributed by atoms with van der Waals surface area (Å²) in [6.45, 7) is 1.99. The molecule has 1 aromatic heterocycles. The third-order valence-electron chi connectivity index (χ3n) is 3.83. The number of hydrogen-bond acceptors (Lipinski definition) is 4. The summed E-state index contributed by atoms with van der Waals surface area (Å²) in [7, 11) is 0. The predicted octanol–water partition coefficient (Wildman–Crippen LogP) is 1.99. The Labute approximate surface area is 112 Å². The number of nitrogens with zero attached hydrogens (tertiary/aromatic N) is 2. The van der Waals surface area contributed by atoms with Crippen LogP contribution >= 0.6 is 0 Å². The van der Waals surface area contributed by atoms with Crippen molar-refractivity contribution in [3.05, 3.63) is 17.8 Å². The van der Waals surface area contributed by atoms with Crippen LogP contribution in [0.3, 0.4) is 0 Å². The SMILES string of the molecule is Nc1cnc(N(CC2CC2)CC2CC2)cc1C(=O)O.